The Morgan fingerprint density at radius 1 is 1.07 bits per heavy atom. The fourth-order valence-corrected chi connectivity index (χ4v) is 6.42. The van der Waals surface area contributed by atoms with Crippen LogP contribution in [0.1, 0.15) is 74.7 Å². The second-order valence-corrected chi connectivity index (χ2v) is 12.6. The molecule has 2 aliphatic heterocycles. The molecule has 4 N–H and O–H groups in total. The molecule has 11 nitrogen and oxygen atoms in total. The maximum Gasteiger partial charge on any atom is 0.316 e. The van der Waals surface area contributed by atoms with E-state index in [1.165, 1.54) is 26.8 Å². The molecule has 42 heavy (non-hydrogen) atoms. The second-order valence-electron chi connectivity index (χ2n) is 12.6. The Hall–Kier alpha value is -1.73. The summed E-state index contributed by atoms with van der Waals surface area (Å²) in [5.41, 5.74) is -3.27. The minimum Gasteiger partial charge on any atom is -0.459 e. The molecule has 0 aromatic rings. The number of likely N-dealkylation sites (N-methyl/N-ethyl adjacent to an activating group) is 1. The van der Waals surface area contributed by atoms with Gasteiger partial charge in [0.25, 0.3) is 0 Å². The molecule has 0 aromatic carbocycles. The second kappa shape index (κ2) is 14.8. The fraction of sp³-hybridized carbons (Fsp3) is 0.839. The van der Waals surface area contributed by atoms with Gasteiger partial charge in [-0.1, -0.05) is 33.8 Å². The van der Waals surface area contributed by atoms with Crippen molar-refractivity contribution in [2.24, 2.45) is 23.7 Å². The van der Waals surface area contributed by atoms with Gasteiger partial charge in [-0.3, -0.25) is 14.4 Å². The average Bonchev–Trinajstić information content (AvgIpc) is 2.95. The molecule has 0 aliphatic carbocycles. The molecule has 2 aliphatic rings. The van der Waals surface area contributed by atoms with Gasteiger partial charge in [-0.05, 0) is 54.0 Å². The summed E-state index contributed by atoms with van der Waals surface area (Å²) in [5, 5.41) is 36.6. The van der Waals surface area contributed by atoms with Crippen LogP contribution in [0.3, 0.4) is 0 Å². The summed E-state index contributed by atoms with van der Waals surface area (Å²) in [6.07, 6.45) is -4.00. The lowest BCUT2D eigenvalue weighted by molar-refractivity contribution is -0.291. The Bertz CT molecular complexity index is 956. The minimum atomic E-state index is -1.96. The van der Waals surface area contributed by atoms with E-state index < -0.39 is 77.3 Å². The summed E-state index contributed by atoms with van der Waals surface area (Å²) < 4.78 is 24.3. The predicted octanol–water partition coefficient (Wildman–Crippen LogP) is 1.94. The number of hydrogen-bond donors (Lipinski definition) is 4. The molecular formula is C31H53NO10. The highest BCUT2D eigenvalue weighted by Crippen LogP contribution is 2.38. The van der Waals surface area contributed by atoms with E-state index in [0.717, 1.165) is 0 Å². The van der Waals surface area contributed by atoms with Crippen LogP contribution in [0.2, 0.25) is 0 Å². The lowest BCUT2D eigenvalue weighted by atomic mass is 9.74. The first-order chi connectivity index (χ1) is 19.5. The van der Waals surface area contributed by atoms with Gasteiger partial charge in [0.1, 0.15) is 29.5 Å². The summed E-state index contributed by atoms with van der Waals surface area (Å²) in [6, 6.07) is -0.334. The van der Waals surface area contributed by atoms with Gasteiger partial charge in [0, 0.05) is 23.8 Å². The van der Waals surface area contributed by atoms with Crippen molar-refractivity contribution in [1.82, 2.24) is 5.32 Å². The number of esters is 1. The van der Waals surface area contributed by atoms with Crippen molar-refractivity contribution >= 4 is 17.5 Å². The molecular weight excluding hydrogens is 546 g/mol. The van der Waals surface area contributed by atoms with Crippen LogP contribution in [0.15, 0.2) is 12.7 Å². The van der Waals surface area contributed by atoms with Gasteiger partial charge >= 0.3 is 5.97 Å². The SMILES string of the molecule is C=CCO[C@]1(C)C[C@@H](C)C(=O)[C@H](C)[C@@H](O)[C@](C)(O)[C@@H](CC)OC(=O)[C@H](C)C(=O)[C@H](C)[C@H]1O[C@@H]1O[C@H](C)C[C@H](NC)[C@H]1O. The van der Waals surface area contributed by atoms with E-state index in [2.05, 4.69) is 11.9 Å². The first kappa shape index (κ1) is 36.5. The van der Waals surface area contributed by atoms with E-state index in [1.54, 1.807) is 34.7 Å². The molecule has 0 unspecified atom stereocenters. The van der Waals surface area contributed by atoms with E-state index in [9.17, 15) is 29.7 Å². The van der Waals surface area contributed by atoms with Gasteiger partial charge in [0.2, 0.25) is 0 Å². The molecule has 2 heterocycles. The Morgan fingerprint density at radius 3 is 2.24 bits per heavy atom. The van der Waals surface area contributed by atoms with Crippen LogP contribution in [0.25, 0.3) is 0 Å². The number of nitrogens with one attached hydrogen (secondary N) is 1. The molecule has 13 atom stereocenters. The van der Waals surface area contributed by atoms with Crippen LogP contribution in [0.4, 0.5) is 0 Å². The first-order valence-corrected chi connectivity index (χ1v) is 15.1. The standard InChI is InChI=1S/C31H53NO10/c1-11-13-39-30(8)15-16(3)23(33)18(5)26(36)31(9,38)22(12-2)41-28(37)20(7)24(34)19(6)27(30)42-29-25(35)21(32-10)14-17(4)40-29/h11,16-22,25-27,29,32,35-36,38H,1,12-15H2,2-10H3/t16-,17-,18+,19+,20-,21+,22-,25-,26-,27-,29+,30-,31-/m1/s1. The number of aliphatic hydroxyl groups is 3. The van der Waals surface area contributed by atoms with Crippen LogP contribution >= 0.6 is 0 Å². The monoisotopic (exact) mass is 599 g/mol. The highest BCUT2D eigenvalue weighted by molar-refractivity contribution is 6.00. The van der Waals surface area contributed by atoms with E-state index >= 15 is 0 Å². The van der Waals surface area contributed by atoms with Crippen LogP contribution in [0.5, 0.6) is 0 Å². The summed E-state index contributed by atoms with van der Waals surface area (Å²) in [6.45, 7) is 16.6. The molecule has 0 spiro atoms. The molecule has 2 fully saturated rings. The van der Waals surface area contributed by atoms with Gasteiger partial charge in [0.15, 0.2) is 12.1 Å². The van der Waals surface area contributed by atoms with E-state index in [4.69, 9.17) is 18.9 Å². The fourth-order valence-electron chi connectivity index (χ4n) is 6.42. The van der Waals surface area contributed by atoms with Crippen molar-refractivity contribution in [2.75, 3.05) is 13.7 Å². The third-order valence-electron chi connectivity index (χ3n) is 9.11. The molecule has 242 valence electrons. The lowest BCUT2D eigenvalue weighted by Gasteiger charge is -2.46. The first-order valence-electron chi connectivity index (χ1n) is 15.1. The van der Waals surface area contributed by atoms with E-state index in [-0.39, 0.29) is 37.4 Å². The predicted molar refractivity (Wildman–Crippen MR) is 155 cm³/mol. The minimum absolute atomic E-state index is 0.0600. The van der Waals surface area contributed by atoms with Crippen LogP contribution in [-0.2, 0) is 33.3 Å². The van der Waals surface area contributed by atoms with Crippen LogP contribution < -0.4 is 5.32 Å². The van der Waals surface area contributed by atoms with Gasteiger partial charge in [0.05, 0.1) is 30.5 Å². The van der Waals surface area contributed by atoms with Gasteiger partial charge in [-0.2, -0.15) is 0 Å². The number of aliphatic hydroxyl groups excluding tert-OH is 2. The number of ether oxygens (including phenoxy) is 4. The normalized spacial score (nSPS) is 44.8. The van der Waals surface area contributed by atoms with Crippen LogP contribution in [-0.4, -0.2) is 101 Å². The zero-order valence-corrected chi connectivity index (χ0v) is 26.7. The Balaban J connectivity index is 2.67. The number of carbonyl (C=O) groups is 3. The summed E-state index contributed by atoms with van der Waals surface area (Å²) in [7, 11) is 1.73. The zero-order chi connectivity index (χ0) is 32.2. The summed E-state index contributed by atoms with van der Waals surface area (Å²) in [5.74, 6) is -5.70. The topological polar surface area (TPSA) is 161 Å². The van der Waals surface area contributed by atoms with Crippen molar-refractivity contribution in [3.05, 3.63) is 12.7 Å². The molecule has 0 radical (unpaired) electrons. The molecule has 0 saturated carbocycles. The maximum atomic E-state index is 13.9. The van der Waals surface area contributed by atoms with Crippen molar-refractivity contribution in [3.63, 3.8) is 0 Å². The van der Waals surface area contributed by atoms with Crippen molar-refractivity contribution in [2.45, 2.75) is 129 Å². The van der Waals surface area contributed by atoms with Gasteiger partial charge in [-0.25, -0.2) is 0 Å². The van der Waals surface area contributed by atoms with E-state index in [0.29, 0.717) is 6.42 Å². The molecule has 0 aromatic heterocycles. The zero-order valence-electron chi connectivity index (χ0n) is 26.7. The Kier molecular flexibility index (Phi) is 12.9. The van der Waals surface area contributed by atoms with Crippen molar-refractivity contribution in [1.29, 1.82) is 0 Å². The molecule has 2 saturated heterocycles. The maximum absolute atomic E-state index is 13.9. The van der Waals surface area contributed by atoms with Gasteiger partial charge in [-0.15, -0.1) is 6.58 Å². The highest BCUT2D eigenvalue weighted by Gasteiger charge is 2.51. The molecule has 0 amide bonds. The largest absolute Gasteiger partial charge is 0.459 e. The van der Waals surface area contributed by atoms with Crippen molar-refractivity contribution in [3.8, 4) is 0 Å². The van der Waals surface area contributed by atoms with Crippen molar-refractivity contribution < 1.29 is 48.7 Å². The number of cyclic esters (lactones) is 1. The summed E-state index contributed by atoms with van der Waals surface area (Å²) in [4.78, 5) is 40.8. The van der Waals surface area contributed by atoms with E-state index in [1.807, 2.05) is 6.92 Å². The number of carbonyl (C=O) groups excluding carboxylic acids is 3. The Morgan fingerprint density at radius 2 is 1.69 bits per heavy atom. The smallest absolute Gasteiger partial charge is 0.316 e. The lowest BCUT2D eigenvalue weighted by Crippen LogP contribution is -2.60. The molecule has 0 bridgehead atoms. The highest BCUT2D eigenvalue weighted by atomic mass is 16.7. The van der Waals surface area contributed by atoms with Gasteiger partial charge < -0.3 is 39.6 Å². The number of rotatable bonds is 7. The third-order valence-corrected chi connectivity index (χ3v) is 9.11. The Labute approximate surface area is 250 Å². The molecule has 2 rings (SSSR count). The average molecular weight is 600 g/mol. The molecule has 11 heteroatoms. The van der Waals surface area contributed by atoms with Crippen LogP contribution in [0, 0.1) is 23.7 Å². The third kappa shape index (κ3) is 7.85. The number of Topliss-reactive ketones (excluding diaryl/α,β-unsaturated/α-hetero) is 2. The quantitative estimate of drug-likeness (QED) is 0.192. The summed E-state index contributed by atoms with van der Waals surface area (Å²) >= 11 is 0. The number of ketones is 2. The number of hydrogen-bond acceptors (Lipinski definition) is 11.